The van der Waals surface area contributed by atoms with Crippen LogP contribution in [0, 0.1) is 0 Å². The zero-order valence-corrected chi connectivity index (χ0v) is 24.3. The highest BCUT2D eigenvalue weighted by molar-refractivity contribution is 7.92. The Morgan fingerprint density at radius 3 is 2.15 bits per heavy atom. The van der Waals surface area contributed by atoms with Gasteiger partial charge in [-0.2, -0.15) is 13.2 Å². The van der Waals surface area contributed by atoms with E-state index in [1.54, 1.807) is 51.1 Å². The van der Waals surface area contributed by atoms with Crippen LogP contribution < -0.4 is 9.62 Å². The van der Waals surface area contributed by atoms with E-state index in [1.165, 1.54) is 35.2 Å². The lowest BCUT2D eigenvalue weighted by molar-refractivity contribution is -0.140. The van der Waals surface area contributed by atoms with E-state index in [4.69, 9.17) is 11.6 Å². The number of carbonyl (C=O) groups is 2. The minimum absolute atomic E-state index is 0.0676. The van der Waals surface area contributed by atoms with Crippen molar-refractivity contribution in [3.63, 3.8) is 0 Å². The second kappa shape index (κ2) is 13.4. The average molecular weight is 610 g/mol. The SMILES string of the molecule is CCC(C(=O)NC(C)C)N(Cc1ccc(Cl)cc1)C(=O)CN(c1cccc(C(F)(F)F)c1)S(=O)(=O)c1ccccc1. The fraction of sp³-hybridized carbons (Fsp3) is 0.310. The first-order valence-electron chi connectivity index (χ1n) is 12.8. The van der Waals surface area contributed by atoms with Crippen LogP contribution in [-0.4, -0.2) is 43.8 Å². The molecule has 0 aliphatic rings. The zero-order chi connectivity index (χ0) is 30.4. The van der Waals surface area contributed by atoms with Crippen molar-refractivity contribution < 1.29 is 31.2 Å². The van der Waals surface area contributed by atoms with Crippen LogP contribution in [0.4, 0.5) is 18.9 Å². The van der Waals surface area contributed by atoms with Crippen LogP contribution in [0.2, 0.25) is 5.02 Å². The number of alkyl halides is 3. The number of nitrogens with zero attached hydrogens (tertiary/aromatic N) is 2. The van der Waals surface area contributed by atoms with Gasteiger partial charge < -0.3 is 10.2 Å². The van der Waals surface area contributed by atoms with Crippen LogP contribution in [0.1, 0.15) is 38.3 Å². The molecule has 12 heteroatoms. The fourth-order valence-corrected chi connectivity index (χ4v) is 5.73. The van der Waals surface area contributed by atoms with E-state index in [9.17, 15) is 31.2 Å². The molecule has 0 heterocycles. The summed E-state index contributed by atoms with van der Waals surface area (Å²) in [6, 6.07) is 16.2. The van der Waals surface area contributed by atoms with E-state index >= 15 is 0 Å². The number of halogens is 4. The first-order valence-corrected chi connectivity index (χ1v) is 14.6. The van der Waals surface area contributed by atoms with Gasteiger partial charge in [0.2, 0.25) is 11.8 Å². The maximum atomic E-state index is 13.9. The molecule has 0 saturated carbocycles. The second-order valence-corrected chi connectivity index (χ2v) is 11.9. The molecule has 0 aliphatic carbocycles. The molecule has 2 amide bonds. The minimum atomic E-state index is -4.74. The predicted molar refractivity (Wildman–Crippen MR) is 152 cm³/mol. The van der Waals surface area contributed by atoms with Gasteiger partial charge >= 0.3 is 6.18 Å². The normalized spacial score (nSPS) is 12.6. The summed E-state index contributed by atoms with van der Waals surface area (Å²) in [5.41, 5.74) is -0.797. The molecule has 3 aromatic rings. The number of hydrogen-bond acceptors (Lipinski definition) is 4. The molecule has 1 atom stereocenters. The highest BCUT2D eigenvalue weighted by Crippen LogP contribution is 2.33. The molecule has 0 spiro atoms. The topological polar surface area (TPSA) is 86.8 Å². The Bertz CT molecular complexity index is 1450. The smallest absolute Gasteiger partial charge is 0.352 e. The summed E-state index contributed by atoms with van der Waals surface area (Å²) < 4.78 is 68.8. The molecule has 0 saturated heterocycles. The molecular weight excluding hydrogens is 579 g/mol. The summed E-state index contributed by atoms with van der Waals surface area (Å²) in [7, 11) is -4.49. The summed E-state index contributed by atoms with van der Waals surface area (Å²) in [5.74, 6) is -1.22. The first-order chi connectivity index (χ1) is 19.2. The van der Waals surface area contributed by atoms with Crippen LogP contribution in [0.25, 0.3) is 0 Å². The summed E-state index contributed by atoms with van der Waals surface area (Å²) >= 11 is 6.00. The van der Waals surface area contributed by atoms with E-state index in [0.717, 1.165) is 12.1 Å². The quantitative estimate of drug-likeness (QED) is 0.294. The standard InChI is InChI=1S/C29H31ClF3N3O4S/c1-4-26(28(38)34-20(2)3)35(18-21-13-15-23(30)16-14-21)27(37)19-36(41(39,40)25-11-6-5-7-12-25)24-10-8-9-22(17-24)29(31,32)33/h5-17,20,26H,4,18-19H2,1-3H3,(H,34,38). The van der Waals surface area contributed by atoms with Gasteiger partial charge in [0.1, 0.15) is 12.6 Å². The Balaban J connectivity index is 2.10. The van der Waals surface area contributed by atoms with E-state index in [1.807, 2.05) is 0 Å². The van der Waals surface area contributed by atoms with Crippen molar-refractivity contribution in [1.82, 2.24) is 10.2 Å². The summed E-state index contributed by atoms with van der Waals surface area (Å²) in [6.07, 6.45) is -4.54. The molecule has 41 heavy (non-hydrogen) atoms. The third kappa shape index (κ3) is 8.23. The van der Waals surface area contributed by atoms with Crippen LogP contribution in [0.3, 0.4) is 0 Å². The number of carbonyl (C=O) groups excluding carboxylic acids is 2. The molecule has 3 aromatic carbocycles. The Kier molecular flexibility index (Phi) is 10.4. The molecule has 220 valence electrons. The molecule has 0 aliphatic heterocycles. The average Bonchev–Trinajstić information content (AvgIpc) is 2.92. The maximum absolute atomic E-state index is 13.9. The van der Waals surface area contributed by atoms with Crippen LogP contribution >= 0.6 is 11.6 Å². The monoisotopic (exact) mass is 609 g/mol. The summed E-state index contributed by atoms with van der Waals surface area (Å²) in [5, 5.41) is 3.24. The number of hydrogen-bond donors (Lipinski definition) is 1. The third-order valence-corrected chi connectivity index (χ3v) is 8.19. The van der Waals surface area contributed by atoms with E-state index in [-0.39, 0.29) is 29.6 Å². The number of rotatable bonds is 11. The number of sulfonamides is 1. The molecule has 0 fully saturated rings. The molecule has 0 aromatic heterocycles. The van der Waals surface area contributed by atoms with Crippen molar-refractivity contribution in [3.05, 3.63) is 95.0 Å². The van der Waals surface area contributed by atoms with Gasteiger partial charge in [-0.1, -0.05) is 54.9 Å². The minimum Gasteiger partial charge on any atom is -0.352 e. The largest absolute Gasteiger partial charge is 0.416 e. The van der Waals surface area contributed by atoms with Crippen LogP contribution in [0.15, 0.2) is 83.8 Å². The number of nitrogens with one attached hydrogen (secondary N) is 1. The molecule has 1 unspecified atom stereocenters. The Labute approximate surface area is 243 Å². The lowest BCUT2D eigenvalue weighted by atomic mass is 10.1. The molecule has 0 radical (unpaired) electrons. The fourth-order valence-electron chi connectivity index (χ4n) is 4.17. The molecular formula is C29H31ClF3N3O4S. The highest BCUT2D eigenvalue weighted by atomic mass is 35.5. The van der Waals surface area contributed by atoms with Crippen molar-refractivity contribution in [2.24, 2.45) is 0 Å². The molecule has 3 rings (SSSR count). The maximum Gasteiger partial charge on any atom is 0.416 e. The van der Waals surface area contributed by atoms with Gasteiger partial charge in [0.25, 0.3) is 10.0 Å². The van der Waals surface area contributed by atoms with Crippen molar-refractivity contribution in [3.8, 4) is 0 Å². The van der Waals surface area contributed by atoms with Gasteiger partial charge in [0.15, 0.2) is 0 Å². The Morgan fingerprint density at radius 1 is 0.951 bits per heavy atom. The summed E-state index contributed by atoms with van der Waals surface area (Å²) in [4.78, 5) is 28.1. The molecule has 1 N–H and O–H groups in total. The number of benzene rings is 3. The predicted octanol–water partition coefficient (Wildman–Crippen LogP) is 5.89. The van der Waals surface area contributed by atoms with Gasteiger partial charge in [-0.15, -0.1) is 0 Å². The van der Waals surface area contributed by atoms with Crippen molar-refractivity contribution in [1.29, 1.82) is 0 Å². The van der Waals surface area contributed by atoms with Gasteiger partial charge in [-0.25, -0.2) is 8.42 Å². The lowest BCUT2D eigenvalue weighted by Crippen LogP contribution is -2.53. The van der Waals surface area contributed by atoms with Crippen molar-refractivity contribution in [2.45, 2.75) is 56.9 Å². The highest BCUT2D eigenvalue weighted by Gasteiger charge is 2.36. The van der Waals surface area contributed by atoms with Crippen LogP contribution in [0.5, 0.6) is 0 Å². The van der Waals surface area contributed by atoms with Gasteiger partial charge in [0.05, 0.1) is 16.1 Å². The lowest BCUT2D eigenvalue weighted by Gasteiger charge is -2.33. The van der Waals surface area contributed by atoms with Crippen molar-refractivity contribution in [2.75, 3.05) is 10.8 Å². The molecule has 7 nitrogen and oxygen atoms in total. The Morgan fingerprint density at radius 2 is 1.59 bits per heavy atom. The molecule has 0 bridgehead atoms. The van der Waals surface area contributed by atoms with Gasteiger partial charge in [-0.3, -0.25) is 13.9 Å². The number of amides is 2. The van der Waals surface area contributed by atoms with E-state index in [0.29, 0.717) is 21.0 Å². The van der Waals surface area contributed by atoms with E-state index < -0.39 is 46.2 Å². The third-order valence-electron chi connectivity index (χ3n) is 6.15. The second-order valence-electron chi connectivity index (χ2n) is 9.61. The van der Waals surface area contributed by atoms with E-state index in [2.05, 4.69) is 5.32 Å². The number of anilines is 1. The first kappa shape index (κ1) is 32.0. The summed E-state index contributed by atoms with van der Waals surface area (Å²) in [6.45, 7) is 4.31. The zero-order valence-electron chi connectivity index (χ0n) is 22.7. The van der Waals surface area contributed by atoms with Gasteiger partial charge in [-0.05, 0) is 68.3 Å². The Hall–Kier alpha value is -3.57. The van der Waals surface area contributed by atoms with Gasteiger partial charge in [0, 0.05) is 17.6 Å². The van der Waals surface area contributed by atoms with Crippen LogP contribution in [-0.2, 0) is 32.3 Å². The van der Waals surface area contributed by atoms with Crippen molar-refractivity contribution >= 4 is 39.1 Å².